The molecule has 1 aromatic heterocycles. The lowest BCUT2D eigenvalue weighted by Gasteiger charge is -2.06. The van der Waals surface area contributed by atoms with Crippen molar-refractivity contribution in [3.8, 4) is 5.95 Å². The summed E-state index contributed by atoms with van der Waals surface area (Å²) in [6, 6.07) is 3.06. The van der Waals surface area contributed by atoms with Crippen LogP contribution in [0.15, 0.2) is 16.5 Å². The average molecular weight is 399 g/mol. The third-order valence-electron chi connectivity index (χ3n) is 4.64. The number of aliphatic hydroxyl groups is 2. The number of unbranched alkanes of at least 4 members (excludes halogenated alkanes) is 11. The predicted molar refractivity (Wildman–Crippen MR) is 109 cm³/mol. The molecule has 1 heterocycles. The maximum absolute atomic E-state index is 11.7. The average Bonchev–Trinajstić information content (AvgIpc) is 3.18. The van der Waals surface area contributed by atoms with E-state index in [0.29, 0.717) is 6.61 Å². The van der Waals surface area contributed by atoms with Gasteiger partial charge >= 0.3 is 5.97 Å². The molecule has 2 N–H and O–H groups in total. The number of ether oxygens (including phenoxy) is 2. The minimum Gasteiger partial charge on any atom is -0.465 e. The molecule has 1 aromatic rings. The number of hydrogen-bond acceptors (Lipinski definition) is 6. The van der Waals surface area contributed by atoms with Crippen molar-refractivity contribution in [2.24, 2.45) is 0 Å². The molecule has 0 saturated carbocycles. The summed E-state index contributed by atoms with van der Waals surface area (Å²) in [5.41, 5.74) is 0. The van der Waals surface area contributed by atoms with Gasteiger partial charge in [-0.05, 0) is 12.5 Å². The van der Waals surface area contributed by atoms with Gasteiger partial charge in [-0.3, -0.25) is 0 Å². The summed E-state index contributed by atoms with van der Waals surface area (Å²) in [6.45, 7) is 2.08. The second-order valence-corrected chi connectivity index (χ2v) is 7.29. The van der Waals surface area contributed by atoms with Gasteiger partial charge in [-0.1, -0.05) is 77.6 Å². The van der Waals surface area contributed by atoms with Gasteiger partial charge in [-0.15, -0.1) is 0 Å². The number of hydrogen-bond donors (Lipinski definition) is 2. The lowest BCUT2D eigenvalue weighted by molar-refractivity contribution is 0.00669. The molecule has 0 aromatic carbocycles. The van der Waals surface area contributed by atoms with Crippen LogP contribution in [-0.2, 0) is 4.74 Å². The second kappa shape index (κ2) is 16.4. The highest BCUT2D eigenvalue weighted by Gasteiger charge is 2.15. The Labute approximate surface area is 169 Å². The van der Waals surface area contributed by atoms with Crippen LogP contribution >= 0.6 is 0 Å². The molecular formula is C22H38O6. The van der Waals surface area contributed by atoms with E-state index in [0.717, 1.165) is 12.8 Å². The molecule has 1 atom stereocenters. The fraction of sp³-hybridized carbons (Fsp3) is 0.773. The maximum atomic E-state index is 11.7. The van der Waals surface area contributed by atoms with Crippen molar-refractivity contribution in [3.05, 3.63) is 17.9 Å². The van der Waals surface area contributed by atoms with Crippen LogP contribution in [0, 0.1) is 0 Å². The molecule has 162 valence electrons. The smallest absolute Gasteiger partial charge is 0.374 e. The van der Waals surface area contributed by atoms with E-state index in [1.54, 1.807) is 6.07 Å². The Morgan fingerprint density at radius 2 is 1.54 bits per heavy atom. The van der Waals surface area contributed by atoms with Gasteiger partial charge < -0.3 is 24.1 Å². The van der Waals surface area contributed by atoms with Crippen LogP contribution in [0.1, 0.15) is 94.5 Å². The predicted octanol–water partition coefficient (Wildman–Crippen LogP) is 4.87. The number of carbonyl (C=O) groups excluding carboxylic acids is 1. The normalized spacial score (nSPS) is 12.1. The minimum atomic E-state index is -1.08. The standard InChI is InChI=1S/C22H38O6/c1-2-3-4-5-6-7-8-9-10-11-12-13-16-26-21-15-14-20(28-21)22(25)27-18-19(24)17-23/h14-15,19,23-24H,2-13,16-18H2,1H3. The Morgan fingerprint density at radius 3 is 2.11 bits per heavy atom. The Morgan fingerprint density at radius 1 is 0.964 bits per heavy atom. The van der Waals surface area contributed by atoms with E-state index in [2.05, 4.69) is 6.92 Å². The first-order valence-electron chi connectivity index (χ1n) is 10.9. The third-order valence-corrected chi connectivity index (χ3v) is 4.64. The lowest BCUT2D eigenvalue weighted by Crippen LogP contribution is -2.21. The summed E-state index contributed by atoms with van der Waals surface area (Å²) >= 11 is 0. The number of carbonyl (C=O) groups is 1. The lowest BCUT2D eigenvalue weighted by atomic mass is 10.1. The maximum Gasteiger partial charge on any atom is 0.374 e. The molecule has 0 radical (unpaired) electrons. The van der Waals surface area contributed by atoms with E-state index in [9.17, 15) is 4.79 Å². The number of rotatable bonds is 18. The van der Waals surface area contributed by atoms with Gasteiger partial charge in [0.15, 0.2) is 0 Å². The van der Waals surface area contributed by atoms with Crippen molar-refractivity contribution in [2.75, 3.05) is 19.8 Å². The zero-order valence-electron chi connectivity index (χ0n) is 17.4. The molecule has 1 unspecified atom stereocenters. The van der Waals surface area contributed by atoms with Gasteiger partial charge in [0.25, 0.3) is 5.95 Å². The van der Waals surface area contributed by atoms with Crippen LogP contribution < -0.4 is 4.74 Å². The van der Waals surface area contributed by atoms with Crippen molar-refractivity contribution in [1.29, 1.82) is 0 Å². The monoisotopic (exact) mass is 398 g/mol. The molecule has 0 fully saturated rings. The van der Waals surface area contributed by atoms with Crippen LogP contribution in [0.25, 0.3) is 0 Å². The van der Waals surface area contributed by atoms with Crippen molar-refractivity contribution in [1.82, 2.24) is 0 Å². The van der Waals surface area contributed by atoms with Crippen molar-refractivity contribution >= 4 is 5.97 Å². The van der Waals surface area contributed by atoms with Gasteiger partial charge in [0.05, 0.1) is 13.2 Å². The summed E-state index contributed by atoms with van der Waals surface area (Å²) in [4.78, 5) is 11.7. The molecule has 0 amide bonds. The zero-order chi connectivity index (χ0) is 20.5. The first kappa shape index (κ1) is 24.5. The van der Waals surface area contributed by atoms with E-state index in [1.807, 2.05) is 0 Å². The molecule has 0 aliphatic heterocycles. The van der Waals surface area contributed by atoms with E-state index in [4.69, 9.17) is 24.1 Å². The molecule has 6 heteroatoms. The van der Waals surface area contributed by atoms with Crippen molar-refractivity contribution in [2.45, 2.75) is 90.1 Å². The quantitative estimate of drug-likeness (QED) is 0.271. The Hall–Kier alpha value is -1.53. The van der Waals surface area contributed by atoms with Gasteiger partial charge in [-0.2, -0.15) is 0 Å². The van der Waals surface area contributed by atoms with Gasteiger partial charge in [0.1, 0.15) is 12.7 Å². The molecule has 1 rings (SSSR count). The van der Waals surface area contributed by atoms with Gasteiger partial charge in [0, 0.05) is 6.07 Å². The van der Waals surface area contributed by atoms with E-state index < -0.39 is 18.7 Å². The molecule has 0 aliphatic carbocycles. The summed E-state index contributed by atoms with van der Waals surface area (Å²) in [5.74, 6) is -0.375. The molecular weight excluding hydrogens is 360 g/mol. The fourth-order valence-electron chi connectivity index (χ4n) is 2.92. The summed E-state index contributed by atoms with van der Waals surface area (Å²) in [7, 11) is 0. The highest BCUT2D eigenvalue weighted by atomic mass is 16.6. The van der Waals surface area contributed by atoms with Gasteiger partial charge in [-0.25, -0.2) is 4.79 Å². The number of esters is 1. The number of furan rings is 1. The molecule has 28 heavy (non-hydrogen) atoms. The summed E-state index contributed by atoms with van der Waals surface area (Å²) in [5, 5.41) is 17.8. The summed E-state index contributed by atoms with van der Waals surface area (Å²) < 4.78 is 15.6. The highest BCUT2D eigenvalue weighted by Crippen LogP contribution is 2.18. The third kappa shape index (κ3) is 12.0. The SMILES string of the molecule is CCCCCCCCCCCCCCOc1ccc(C(=O)OCC(O)CO)o1. The van der Waals surface area contributed by atoms with E-state index >= 15 is 0 Å². The Kier molecular flexibility index (Phi) is 14.4. The largest absolute Gasteiger partial charge is 0.465 e. The summed E-state index contributed by atoms with van der Waals surface area (Å²) in [6.07, 6.45) is 14.4. The molecule has 0 bridgehead atoms. The van der Waals surface area contributed by atoms with E-state index in [-0.39, 0.29) is 18.3 Å². The Balaban J connectivity index is 1.97. The van der Waals surface area contributed by atoms with Crippen molar-refractivity contribution in [3.63, 3.8) is 0 Å². The molecule has 0 saturated heterocycles. The van der Waals surface area contributed by atoms with Gasteiger partial charge in [0.2, 0.25) is 5.76 Å². The highest BCUT2D eigenvalue weighted by molar-refractivity contribution is 5.86. The van der Waals surface area contributed by atoms with Crippen LogP contribution in [-0.4, -0.2) is 42.1 Å². The van der Waals surface area contributed by atoms with Crippen LogP contribution in [0.3, 0.4) is 0 Å². The first-order valence-corrected chi connectivity index (χ1v) is 10.9. The minimum absolute atomic E-state index is 0.0230. The molecule has 0 aliphatic rings. The zero-order valence-corrected chi connectivity index (χ0v) is 17.4. The van der Waals surface area contributed by atoms with Crippen LogP contribution in [0.5, 0.6) is 5.95 Å². The molecule has 0 spiro atoms. The Bertz CT molecular complexity index is 499. The van der Waals surface area contributed by atoms with Crippen LogP contribution in [0.2, 0.25) is 0 Å². The topological polar surface area (TPSA) is 89.1 Å². The first-order chi connectivity index (χ1) is 13.7. The number of aliphatic hydroxyl groups excluding tert-OH is 2. The molecule has 6 nitrogen and oxygen atoms in total. The van der Waals surface area contributed by atoms with Crippen LogP contribution in [0.4, 0.5) is 0 Å². The second-order valence-electron chi connectivity index (χ2n) is 7.29. The van der Waals surface area contributed by atoms with E-state index in [1.165, 1.54) is 70.3 Å². The fourth-order valence-corrected chi connectivity index (χ4v) is 2.92. The van der Waals surface area contributed by atoms with Crippen molar-refractivity contribution < 1.29 is 28.9 Å².